The van der Waals surface area contributed by atoms with Crippen molar-refractivity contribution in [3.8, 4) is 0 Å². The number of anilines is 1. The zero-order valence-corrected chi connectivity index (χ0v) is 10.2. The molecule has 0 spiro atoms. The highest BCUT2D eigenvalue weighted by Crippen LogP contribution is 2.28. The number of aromatic nitrogens is 2. The minimum absolute atomic E-state index is 0.485. The fourth-order valence-corrected chi connectivity index (χ4v) is 2.17. The minimum atomic E-state index is 0.485. The van der Waals surface area contributed by atoms with Crippen molar-refractivity contribution in [2.24, 2.45) is 0 Å². The molecule has 0 unspecified atom stereocenters. The number of aromatic amines is 1. The molecule has 0 saturated heterocycles. The molecular formula is C14H15N3O. The molecule has 4 heteroatoms. The van der Waals surface area contributed by atoms with E-state index in [0.29, 0.717) is 13.2 Å². The molecule has 4 nitrogen and oxygen atoms in total. The van der Waals surface area contributed by atoms with Gasteiger partial charge in [0.1, 0.15) is 12.4 Å². The van der Waals surface area contributed by atoms with Gasteiger partial charge in [-0.05, 0) is 18.4 Å². The van der Waals surface area contributed by atoms with Crippen LogP contribution in [0.4, 0.5) is 5.69 Å². The first-order valence-corrected chi connectivity index (χ1v) is 6.03. The number of imidazole rings is 1. The van der Waals surface area contributed by atoms with Gasteiger partial charge in [-0.2, -0.15) is 0 Å². The van der Waals surface area contributed by atoms with Gasteiger partial charge in [0, 0.05) is 12.0 Å². The predicted octanol–water partition coefficient (Wildman–Crippen LogP) is 2.83. The summed E-state index contributed by atoms with van der Waals surface area (Å²) < 4.78 is 5.37. The van der Waals surface area contributed by atoms with Crippen LogP contribution in [0.1, 0.15) is 12.7 Å². The summed E-state index contributed by atoms with van der Waals surface area (Å²) in [5.41, 5.74) is 8.58. The molecule has 0 fully saturated rings. The largest absolute Gasteiger partial charge is 0.397 e. The lowest BCUT2D eigenvalue weighted by molar-refractivity contribution is 0.129. The van der Waals surface area contributed by atoms with Gasteiger partial charge in [0.25, 0.3) is 0 Å². The number of hydrogen-bond acceptors (Lipinski definition) is 3. The molecule has 1 aromatic heterocycles. The number of nitrogens with two attached hydrogens (primary N) is 1. The molecule has 0 aliphatic heterocycles. The summed E-state index contributed by atoms with van der Waals surface area (Å²) in [6.45, 7) is 3.12. The summed E-state index contributed by atoms with van der Waals surface area (Å²) in [7, 11) is 0. The number of benzene rings is 2. The fourth-order valence-electron chi connectivity index (χ4n) is 2.17. The maximum Gasteiger partial charge on any atom is 0.133 e. The number of fused-ring (bicyclic) bond motifs is 3. The highest BCUT2D eigenvalue weighted by molar-refractivity contribution is 6.09. The van der Waals surface area contributed by atoms with Crippen molar-refractivity contribution in [2.45, 2.75) is 13.5 Å². The van der Waals surface area contributed by atoms with Crippen molar-refractivity contribution in [1.82, 2.24) is 9.97 Å². The third-order valence-electron chi connectivity index (χ3n) is 3.01. The Labute approximate surface area is 105 Å². The van der Waals surface area contributed by atoms with Crippen molar-refractivity contribution in [3.63, 3.8) is 0 Å². The molecule has 92 valence electrons. The van der Waals surface area contributed by atoms with E-state index in [2.05, 4.69) is 16.0 Å². The van der Waals surface area contributed by atoms with Crippen LogP contribution in [0.25, 0.3) is 21.8 Å². The maximum atomic E-state index is 6.05. The van der Waals surface area contributed by atoms with Crippen LogP contribution in [0.2, 0.25) is 0 Å². The molecule has 0 radical (unpaired) electrons. The lowest BCUT2D eigenvalue weighted by Crippen LogP contribution is -1.93. The lowest BCUT2D eigenvalue weighted by atomic mass is 10.1. The average Bonchev–Trinajstić information content (AvgIpc) is 2.81. The van der Waals surface area contributed by atoms with E-state index < -0.39 is 0 Å². The highest BCUT2D eigenvalue weighted by atomic mass is 16.5. The van der Waals surface area contributed by atoms with Gasteiger partial charge in [0.2, 0.25) is 0 Å². The van der Waals surface area contributed by atoms with Crippen LogP contribution in [0, 0.1) is 0 Å². The van der Waals surface area contributed by atoms with E-state index in [-0.39, 0.29) is 0 Å². The zero-order valence-electron chi connectivity index (χ0n) is 10.2. The van der Waals surface area contributed by atoms with Crippen molar-refractivity contribution in [2.75, 3.05) is 12.3 Å². The van der Waals surface area contributed by atoms with Crippen LogP contribution in [0.3, 0.4) is 0 Å². The SMILES string of the molecule is CCOCc1nc2c([nH]1)c(N)cc1ccccc12. The predicted molar refractivity (Wildman–Crippen MR) is 73.3 cm³/mol. The monoisotopic (exact) mass is 241 g/mol. The number of hydrogen-bond donors (Lipinski definition) is 2. The van der Waals surface area contributed by atoms with Crippen LogP contribution >= 0.6 is 0 Å². The van der Waals surface area contributed by atoms with Crippen LogP contribution < -0.4 is 5.73 Å². The van der Waals surface area contributed by atoms with Crippen molar-refractivity contribution in [3.05, 3.63) is 36.2 Å². The molecule has 2 aromatic carbocycles. The van der Waals surface area contributed by atoms with Gasteiger partial charge >= 0.3 is 0 Å². The molecule has 0 aliphatic carbocycles. The Morgan fingerprint density at radius 1 is 1.33 bits per heavy atom. The first-order valence-electron chi connectivity index (χ1n) is 6.03. The maximum absolute atomic E-state index is 6.05. The van der Waals surface area contributed by atoms with Gasteiger partial charge in [-0.1, -0.05) is 24.3 Å². The van der Waals surface area contributed by atoms with E-state index in [9.17, 15) is 0 Å². The standard InChI is InChI=1S/C14H15N3O/c1-2-18-8-12-16-13-10-6-4-3-5-9(10)7-11(15)14(13)17-12/h3-7H,2,8,15H2,1H3,(H,16,17). The summed E-state index contributed by atoms with van der Waals surface area (Å²) in [4.78, 5) is 7.81. The van der Waals surface area contributed by atoms with Crippen LogP contribution in [-0.2, 0) is 11.3 Å². The Kier molecular flexibility index (Phi) is 2.64. The summed E-state index contributed by atoms with van der Waals surface area (Å²) in [5.74, 6) is 0.815. The number of H-pyrrole nitrogens is 1. The number of ether oxygens (including phenoxy) is 1. The van der Waals surface area contributed by atoms with Gasteiger partial charge < -0.3 is 15.5 Å². The Hall–Kier alpha value is -2.07. The van der Waals surface area contributed by atoms with Crippen LogP contribution in [0.5, 0.6) is 0 Å². The minimum Gasteiger partial charge on any atom is -0.397 e. The zero-order chi connectivity index (χ0) is 12.5. The second-order valence-corrected chi connectivity index (χ2v) is 4.23. The molecule has 3 rings (SSSR count). The van der Waals surface area contributed by atoms with E-state index in [4.69, 9.17) is 10.5 Å². The summed E-state index contributed by atoms with van der Waals surface area (Å²) in [6, 6.07) is 10.1. The van der Waals surface area contributed by atoms with E-state index in [1.165, 1.54) is 0 Å². The van der Waals surface area contributed by atoms with E-state index >= 15 is 0 Å². The molecule has 0 atom stereocenters. The number of nitrogens with one attached hydrogen (secondary N) is 1. The molecular weight excluding hydrogens is 226 g/mol. The highest BCUT2D eigenvalue weighted by Gasteiger charge is 2.09. The second kappa shape index (κ2) is 4.31. The Morgan fingerprint density at radius 2 is 2.17 bits per heavy atom. The van der Waals surface area contributed by atoms with E-state index in [0.717, 1.165) is 33.3 Å². The molecule has 18 heavy (non-hydrogen) atoms. The van der Waals surface area contributed by atoms with E-state index in [1.807, 2.05) is 31.2 Å². The van der Waals surface area contributed by atoms with Crippen molar-refractivity contribution >= 4 is 27.5 Å². The molecule has 0 amide bonds. The Balaban J connectivity index is 2.24. The van der Waals surface area contributed by atoms with Gasteiger partial charge in [0.05, 0.1) is 16.7 Å². The quantitative estimate of drug-likeness (QED) is 0.693. The second-order valence-electron chi connectivity index (χ2n) is 4.23. The Morgan fingerprint density at radius 3 is 3.00 bits per heavy atom. The van der Waals surface area contributed by atoms with Crippen molar-refractivity contribution in [1.29, 1.82) is 0 Å². The molecule has 0 bridgehead atoms. The normalized spacial score (nSPS) is 11.4. The Bertz CT molecular complexity index is 703. The average molecular weight is 241 g/mol. The molecule has 0 saturated carbocycles. The van der Waals surface area contributed by atoms with E-state index in [1.54, 1.807) is 0 Å². The van der Waals surface area contributed by atoms with Crippen LogP contribution in [0.15, 0.2) is 30.3 Å². The number of nitrogens with zero attached hydrogens (tertiary/aromatic N) is 1. The third kappa shape index (κ3) is 1.71. The lowest BCUT2D eigenvalue weighted by Gasteiger charge is -2.00. The molecule has 3 aromatic rings. The number of rotatable bonds is 3. The number of nitrogen functional groups attached to an aromatic ring is 1. The first kappa shape index (κ1) is 11.0. The third-order valence-corrected chi connectivity index (χ3v) is 3.01. The smallest absolute Gasteiger partial charge is 0.133 e. The van der Waals surface area contributed by atoms with Gasteiger partial charge in [-0.3, -0.25) is 0 Å². The van der Waals surface area contributed by atoms with Gasteiger partial charge in [-0.15, -0.1) is 0 Å². The van der Waals surface area contributed by atoms with Crippen molar-refractivity contribution < 1.29 is 4.74 Å². The van der Waals surface area contributed by atoms with Crippen LogP contribution in [-0.4, -0.2) is 16.6 Å². The fraction of sp³-hybridized carbons (Fsp3) is 0.214. The first-order chi connectivity index (χ1) is 8.79. The summed E-state index contributed by atoms with van der Waals surface area (Å²) in [6.07, 6.45) is 0. The van der Waals surface area contributed by atoms with Gasteiger partial charge in [0.15, 0.2) is 0 Å². The summed E-state index contributed by atoms with van der Waals surface area (Å²) in [5, 5.41) is 2.22. The van der Waals surface area contributed by atoms with Gasteiger partial charge in [-0.25, -0.2) is 4.98 Å². The molecule has 1 heterocycles. The molecule has 3 N–H and O–H groups in total. The topological polar surface area (TPSA) is 63.9 Å². The summed E-state index contributed by atoms with van der Waals surface area (Å²) >= 11 is 0. The molecule has 0 aliphatic rings.